The van der Waals surface area contributed by atoms with Crippen LogP contribution in [0, 0.1) is 0 Å². The van der Waals surface area contributed by atoms with Crippen molar-refractivity contribution in [2.75, 3.05) is 17.2 Å². The number of anilines is 2. The average Bonchev–Trinajstić information content (AvgIpc) is 2.92. The largest absolute Gasteiger partial charge is 0.513 e. The number of ether oxygens (including phenoxy) is 2. The molecule has 0 aliphatic rings. The van der Waals surface area contributed by atoms with Crippen LogP contribution in [0.2, 0.25) is 0 Å². The molecule has 4 aromatic rings. The van der Waals surface area contributed by atoms with E-state index in [4.69, 9.17) is 9.47 Å². The SMILES string of the molecule is CCOC(=O)Oc1ccc(C(=O)Nc2ccc(NC(=O)C(c3ccccc3)c3ccccc3)cc2)cc1. The van der Waals surface area contributed by atoms with Crippen LogP contribution in [0.15, 0.2) is 109 Å². The zero-order chi connectivity index (χ0) is 26.0. The molecule has 0 spiro atoms. The molecule has 0 bridgehead atoms. The molecule has 4 rings (SSSR count). The summed E-state index contributed by atoms with van der Waals surface area (Å²) in [5.74, 6) is -0.663. The first kappa shape index (κ1) is 25.2. The van der Waals surface area contributed by atoms with Crippen molar-refractivity contribution in [2.45, 2.75) is 12.8 Å². The minimum absolute atomic E-state index is 0.153. The van der Waals surface area contributed by atoms with E-state index in [1.54, 1.807) is 43.3 Å². The van der Waals surface area contributed by atoms with Gasteiger partial charge in [0.25, 0.3) is 5.91 Å². The van der Waals surface area contributed by atoms with Gasteiger partial charge in [-0.25, -0.2) is 4.79 Å². The molecule has 2 amide bonds. The summed E-state index contributed by atoms with van der Waals surface area (Å²) >= 11 is 0. The van der Waals surface area contributed by atoms with Gasteiger partial charge in [-0.05, 0) is 66.6 Å². The second-order valence-corrected chi connectivity index (χ2v) is 8.08. The topological polar surface area (TPSA) is 93.7 Å². The number of hydrogen-bond donors (Lipinski definition) is 2. The van der Waals surface area contributed by atoms with Crippen molar-refractivity contribution in [1.82, 2.24) is 0 Å². The monoisotopic (exact) mass is 494 g/mol. The van der Waals surface area contributed by atoms with E-state index in [0.717, 1.165) is 11.1 Å². The summed E-state index contributed by atoms with van der Waals surface area (Å²) in [6.45, 7) is 1.89. The third-order valence-corrected chi connectivity index (χ3v) is 5.52. The van der Waals surface area contributed by atoms with Crippen molar-refractivity contribution in [3.63, 3.8) is 0 Å². The maximum atomic E-state index is 13.3. The lowest BCUT2D eigenvalue weighted by Crippen LogP contribution is -2.22. The van der Waals surface area contributed by atoms with Gasteiger partial charge in [0.2, 0.25) is 5.91 Å². The molecule has 0 heterocycles. The number of benzene rings is 4. The lowest BCUT2D eigenvalue weighted by atomic mass is 9.90. The van der Waals surface area contributed by atoms with Crippen LogP contribution in [-0.2, 0) is 9.53 Å². The van der Waals surface area contributed by atoms with Crippen LogP contribution >= 0.6 is 0 Å². The molecule has 0 unspecified atom stereocenters. The number of rotatable bonds is 8. The first-order valence-corrected chi connectivity index (χ1v) is 11.8. The molecule has 0 fully saturated rings. The van der Waals surface area contributed by atoms with Gasteiger partial charge in [0.15, 0.2) is 0 Å². The van der Waals surface area contributed by atoms with Crippen molar-refractivity contribution >= 4 is 29.3 Å². The van der Waals surface area contributed by atoms with Gasteiger partial charge >= 0.3 is 6.16 Å². The molecule has 0 radical (unpaired) electrons. The number of carbonyl (C=O) groups is 3. The lowest BCUT2D eigenvalue weighted by Gasteiger charge is -2.18. The van der Waals surface area contributed by atoms with E-state index in [9.17, 15) is 14.4 Å². The van der Waals surface area contributed by atoms with Crippen LogP contribution in [0.3, 0.4) is 0 Å². The Bertz CT molecular complexity index is 1300. The summed E-state index contributed by atoms with van der Waals surface area (Å²) in [5, 5.41) is 5.79. The van der Waals surface area contributed by atoms with Crippen molar-refractivity contribution in [3.05, 3.63) is 126 Å². The highest BCUT2D eigenvalue weighted by molar-refractivity contribution is 6.04. The maximum Gasteiger partial charge on any atom is 0.513 e. The molecule has 0 saturated carbocycles. The van der Waals surface area contributed by atoms with Crippen molar-refractivity contribution in [1.29, 1.82) is 0 Å². The van der Waals surface area contributed by atoms with E-state index in [1.165, 1.54) is 12.1 Å². The Hall–Kier alpha value is -4.91. The fraction of sp³-hybridized carbons (Fsp3) is 0.100. The highest BCUT2D eigenvalue weighted by Crippen LogP contribution is 2.26. The van der Waals surface area contributed by atoms with Crippen LogP contribution < -0.4 is 15.4 Å². The zero-order valence-electron chi connectivity index (χ0n) is 20.2. The van der Waals surface area contributed by atoms with Crippen molar-refractivity contribution in [3.8, 4) is 5.75 Å². The Morgan fingerprint density at radius 1 is 0.676 bits per heavy atom. The van der Waals surface area contributed by atoms with Gasteiger partial charge in [-0.2, -0.15) is 0 Å². The lowest BCUT2D eigenvalue weighted by molar-refractivity contribution is -0.116. The Morgan fingerprint density at radius 3 is 1.70 bits per heavy atom. The first-order chi connectivity index (χ1) is 18.0. The molecular weight excluding hydrogens is 468 g/mol. The van der Waals surface area contributed by atoms with Crippen LogP contribution in [0.25, 0.3) is 0 Å². The van der Waals surface area contributed by atoms with Gasteiger partial charge in [0.1, 0.15) is 5.75 Å². The average molecular weight is 495 g/mol. The number of amides is 2. The van der Waals surface area contributed by atoms with Gasteiger partial charge < -0.3 is 20.1 Å². The van der Waals surface area contributed by atoms with Gasteiger partial charge in [-0.3, -0.25) is 9.59 Å². The minimum atomic E-state index is -0.800. The molecule has 7 nitrogen and oxygen atoms in total. The molecule has 0 aromatic heterocycles. The van der Waals surface area contributed by atoms with Gasteiger partial charge in [-0.1, -0.05) is 60.7 Å². The summed E-state index contributed by atoms with van der Waals surface area (Å²) in [5.41, 5.74) is 3.36. The van der Waals surface area contributed by atoms with E-state index < -0.39 is 12.1 Å². The van der Waals surface area contributed by atoms with Gasteiger partial charge in [-0.15, -0.1) is 0 Å². The number of nitrogens with one attached hydrogen (secondary N) is 2. The molecule has 0 saturated heterocycles. The predicted molar refractivity (Wildman–Crippen MR) is 142 cm³/mol. The minimum Gasteiger partial charge on any atom is -0.434 e. The predicted octanol–water partition coefficient (Wildman–Crippen LogP) is 6.24. The summed E-state index contributed by atoms with van der Waals surface area (Å²) in [6.07, 6.45) is -0.800. The van der Waals surface area contributed by atoms with Gasteiger partial charge in [0, 0.05) is 16.9 Å². The summed E-state index contributed by atoms with van der Waals surface area (Å²) < 4.78 is 9.73. The first-order valence-electron chi connectivity index (χ1n) is 11.8. The third-order valence-electron chi connectivity index (χ3n) is 5.52. The van der Waals surface area contributed by atoms with Crippen molar-refractivity contribution in [2.24, 2.45) is 0 Å². The number of hydrogen-bond acceptors (Lipinski definition) is 5. The Morgan fingerprint density at radius 2 is 1.19 bits per heavy atom. The Labute approximate surface area is 215 Å². The van der Waals surface area contributed by atoms with Gasteiger partial charge in [0.05, 0.1) is 12.5 Å². The van der Waals surface area contributed by atoms with Crippen LogP contribution in [0.5, 0.6) is 5.75 Å². The molecule has 7 heteroatoms. The highest BCUT2D eigenvalue weighted by atomic mass is 16.7. The second-order valence-electron chi connectivity index (χ2n) is 8.08. The second kappa shape index (κ2) is 12.2. The van der Waals surface area contributed by atoms with E-state index in [2.05, 4.69) is 10.6 Å². The zero-order valence-corrected chi connectivity index (χ0v) is 20.2. The highest BCUT2D eigenvalue weighted by Gasteiger charge is 2.22. The quantitative estimate of drug-likeness (QED) is 0.223. The molecule has 0 aliphatic heterocycles. The summed E-state index contributed by atoms with van der Waals surface area (Å²) in [4.78, 5) is 37.3. The van der Waals surface area contributed by atoms with E-state index >= 15 is 0 Å². The molecule has 0 aliphatic carbocycles. The molecule has 4 aromatic carbocycles. The molecule has 186 valence electrons. The molecule has 37 heavy (non-hydrogen) atoms. The Kier molecular flexibility index (Phi) is 8.29. The van der Waals surface area contributed by atoms with Crippen molar-refractivity contribution < 1.29 is 23.9 Å². The summed E-state index contributed by atoms with van der Waals surface area (Å²) in [6, 6.07) is 32.3. The van der Waals surface area contributed by atoms with E-state index in [-0.39, 0.29) is 24.2 Å². The maximum absolute atomic E-state index is 13.3. The fourth-order valence-corrected chi connectivity index (χ4v) is 3.76. The molecule has 2 N–H and O–H groups in total. The molecule has 0 atom stereocenters. The standard InChI is InChI=1S/C30H26N2O5/c1-2-36-30(35)37-26-19-13-23(14-20-26)28(33)31-24-15-17-25(18-16-24)32-29(34)27(21-9-5-3-6-10-21)22-11-7-4-8-12-22/h3-20,27H,2H2,1H3,(H,31,33)(H,32,34). The van der Waals surface area contributed by atoms with Crippen LogP contribution in [0.4, 0.5) is 16.2 Å². The van der Waals surface area contributed by atoms with Crippen LogP contribution in [-0.4, -0.2) is 24.6 Å². The normalized spacial score (nSPS) is 10.4. The fourth-order valence-electron chi connectivity index (χ4n) is 3.76. The number of carbonyl (C=O) groups excluding carboxylic acids is 3. The Balaban J connectivity index is 1.39. The smallest absolute Gasteiger partial charge is 0.434 e. The van der Waals surface area contributed by atoms with E-state index in [1.807, 2.05) is 60.7 Å². The van der Waals surface area contributed by atoms with Crippen LogP contribution in [0.1, 0.15) is 34.3 Å². The molecular formula is C30H26N2O5. The summed E-state index contributed by atoms with van der Waals surface area (Å²) in [7, 11) is 0. The third kappa shape index (κ3) is 6.82. The van der Waals surface area contributed by atoms with E-state index in [0.29, 0.717) is 16.9 Å².